The normalized spacial score (nSPS) is 10.3. The van der Waals surface area contributed by atoms with Gasteiger partial charge in [0.2, 0.25) is 0 Å². The summed E-state index contributed by atoms with van der Waals surface area (Å²) < 4.78 is 5.37. The van der Waals surface area contributed by atoms with Gasteiger partial charge in [0.1, 0.15) is 5.75 Å². The van der Waals surface area contributed by atoms with Crippen molar-refractivity contribution in [3.63, 3.8) is 0 Å². The predicted octanol–water partition coefficient (Wildman–Crippen LogP) is 1.18. The van der Waals surface area contributed by atoms with Gasteiger partial charge in [0.25, 0.3) is 0 Å². The molecular formula is C12H20N2O. The van der Waals surface area contributed by atoms with Crippen LogP contribution < -0.4 is 15.8 Å². The molecule has 15 heavy (non-hydrogen) atoms. The molecule has 0 radical (unpaired) electrons. The van der Waals surface area contributed by atoms with Crippen molar-refractivity contribution in [2.45, 2.75) is 13.3 Å². The van der Waals surface area contributed by atoms with Gasteiger partial charge >= 0.3 is 0 Å². The smallest absolute Gasteiger partial charge is 0.119 e. The van der Waals surface area contributed by atoms with Crippen LogP contribution in [0.4, 0.5) is 0 Å². The number of nitrogens with one attached hydrogen (secondary N) is 1. The van der Waals surface area contributed by atoms with E-state index in [1.807, 2.05) is 19.1 Å². The molecule has 1 aromatic carbocycles. The lowest BCUT2D eigenvalue weighted by Crippen LogP contribution is -2.24. The summed E-state index contributed by atoms with van der Waals surface area (Å²) in [6.45, 7) is 5.27. The van der Waals surface area contributed by atoms with E-state index in [1.165, 1.54) is 5.56 Å². The van der Waals surface area contributed by atoms with Crippen LogP contribution >= 0.6 is 0 Å². The first-order valence-corrected chi connectivity index (χ1v) is 5.49. The van der Waals surface area contributed by atoms with Crippen LogP contribution in [0.25, 0.3) is 0 Å². The molecule has 0 aliphatic heterocycles. The minimum absolute atomic E-state index is 0.698. The Bertz CT molecular complexity index is 259. The molecule has 3 nitrogen and oxygen atoms in total. The van der Waals surface area contributed by atoms with Crippen molar-refractivity contribution in [2.24, 2.45) is 5.73 Å². The highest BCUT2D eigenvalue weighted by Crippen LogP contribution is 2.11. The molecular weight excluding hydrogens is 188 g/mol. The summed E-state index contributed by atoms with van der Waals surface area (Å²) in [5.74, 6) is 0.941. The van der Waals surface area contributed by atoms with Gasteiger partial charge < -0.3 is 15.8 Å². The minimum atomic E-state index is 0.698. The Morgan fingerprint density at radius 2 is 1.93 bits per heavy atom. The molecule has 0 saturated carbocycles. The second kappa shape index (κ2) is 7.26. The molecule has 84 valence electrons. The number of benzene rings is 1. The SMILES string of the molecule is CCOc1ccc(CCNCCN)cc1. The van der Waals surface area contributed by atoms with Crippen LogP contribution in [0, 0.1) is 0 Å². The van der Waals surface area contributed by atoms with Gasteiger partial charge in [0.15, 0.2) is 0 Å². The third-order valence-electron chi connectivity index (χ3n) is 2.15. The number of hydrogen-bond donors (Lipinski definition) is 2. The van der Waals surface area contributed by atoms with Gasteiger partial charge in [0, 0.05) is 13.1 Å². The first-order valence-electron chi connectivity index (χ1n) is 5.49. The van der Waals surface area contributed by atoms with Crippen LogP contribution in [0.2, 0.25) is 0 Å². The standard InChI is InChI=1S/C12H20N2O/c1-2-15-12-5-3-11(4-6-12)7-9-14-10-8-13/h3-6,14H,2,7-10,13H2,1H3. The summed E-state index contributed by atoms with van der Waals surface area (Å²) in [5, 5.41) is 3.27. The topological polar surface area (TPSA) is 47.3 Å². The Morgan fingerprint density at radius 1 is 1.20 bits per heavy atom. The molecule has 3 heteroatoms. The zero-order valence-corrected chi connectivity index (χ0v) is 9.33. The first-order chi connectivity index (χ1) is 7.36. The minimum Gasteiger partial charge on any atom is -0.494 e. The highest BCUT2D eigenvalue weighted by molar-refractivity contribution is 5.27. The summed E-state index contributed by atoms with van der Waals surface area (Å²) in [4.78, 5) is 0. The predicted molar refractivity (Wildman–Crippen MR) is 63.2 cm³/mol. The fourth-order valence-corrected chi connectivity index (χ4v) is 1.38. The fraction of sp³-hybridized carbons (Fsp3) is 0.500. The van der Waals surface area contributed by atoms with Crippen molar-refractivity contribution >= 4 is 0 Å². The number of ether oxygens (including phenoxy) is 1. The number of nitrogens with two attached hydrogens (primary N) is 1. The van der Waals surface area contributed by atoms with E-state index in [-0.39, 0.29) is 0 Å². The van der Waals surface area contributed by atoms with E-state index < -0.39 is 0 Å². The van der Waals surface area contributed by atoms with Crippen LogP contribution in [0.3, 0.4) is 0 Å². The fourth-order valence-electron chi connectivity index (χ4n) is 1.38. The maximum absolute atomic E-state index is 5.38. The Labute approximate surface area is 91.6 Å². The molecule has 0 aromatic heterocycles. The summed E-state index contributed by atoms with van der Waals surface area (Å²) >= 11 is 0. The molecule has 0 aliphatic rings. The van der Waals surface area contributed by atoms with Crippen LogP contribution in [0.1, 0.15) is 12.5 Å². The van der Waals surface area contributed by atoms with Crippen molar-refractivity contribution in [3.8, 4) is 5.75 Å². The third-order valence-corrected chi connectivity index (χ3v) is 2.15. The Morgan fingerprint density at radius 3 is 2.53 bits per heavy atom. The zero-order chi connectivity index (χ0) is 10.9. The second-order valence-electron chi connectivity index (χ2n) is 3.37. The lowest BCUT2D eigenvalue weighted by molar-refractivity contribution is 0.340. The van der Waals surface area contributed by atoms with Crippen molar-refractivity contribution in [2.75, 3.05) is 26.2 Å². The molecule has 3 N–H and O–H groups in total. The molecule has 0 unspecified atom stereocenters. The zero-order valence-electron chi connectivity index (χ0n) is 9.33. The van der Waals surface area contributed by atoms with E-state index in [2.05, 4.69) is 17.4 Å². The van der Waals surface area contributed by atoms with Gasteiger partial charge in [-0.25, -0.2) is 0 Å². The Kier molecular flexibility index (Phi) is 5.81. The lowest BCUT2D eigenvalue weighted by Gasteiger charge is -2.05. The summed E-state index contributed by atoms with van der Waals surface area (Å²) in [6, 6.07) is 8.24. The molecule has 0 heterocycles. The van der Waals surface area contributed by atoms with E-state index in [4.69, 9.17) is 10.5 Å². The average molecular weight is 208 g/mol. The molecule has 0 aliphatic carbocycles. The Hall–Kier alpha value is -1.06. The van der Waals surface area contributed by atoms with Crippen molar-refractivity contribution in [1.29, 1.82) is 0 Å². The summed E-state index contributed by atoms with van der Waals surface area (Å²) in [6.07, 6.45) is 1.03. The van der Waals surface area contributed by atoms with E-state index in [9.17, 15) is 0 Å². The van der Waals surface area contributed by atoms with E-state index in [0.717, 1.165) is 31.9 Å². The van der Waals surface area contributed by atoms with Crippen LogP contribution in [0.5, 0.6) is 5.75 Å². The highest BCUT2D eigenvalue weighted by Gasteiger charge is 1.94. The van der Waals surface area contributed by atoms with Crippen molar-refractivity contribution in [3.05, 3.63) is 29.8 Å². The quantitative estimate of drug-likeness (QED) is 0.661. The molecule has 0 atom stereocenters. The van der Waals surface area contributed by atoms with Crippen LogP contribution in [-0.2, 0) is 6.42 Å². The average Bonchev–Trinajstić information content (AvgIpc) is 2.27. The third kappa shape index (κ3) is 4.81. The number of rotatable bonds is 7. The highest BCUT2D eigenvalue weighted by atomic mass is 16.5. The molecule has 0 fully saturated rings. The monoisotopic (exact) mass is 208 g/mol. The first kappa shape index (κ1) is 12.0. The van der Waals surface area contributed by atoms with Crippen molar-refractivity contribution < 1.29 is 4.74 Å². The molecule has 1 rings (SSSR count). The van der Waals surface area contributed by atoms with Crippen LogP contribution in [-0.4, -0.2) is 26.2 Å². The van der Waals surface area contributed by atoms with E-state index in [0.29, 0.717) is 6.54 Å². The van der Waals surface area contributed by atoms with Gasteiger partial charge in [-0.1, -0.05) is 12.1 Å². The molecule has 0 saturated heterocycles. The summed E-state index contributed by atoms with van der Waals surface area (Å²) in [7, 11) is 0. The lowest BCUT2D eigenvalue weighted by atomic mass is 10.1. The van der Waals surface area contributed by atoms with E-state index in [1.54, 1.807) is 0 Å². The second-order valence-corrected chi connectivity index (χ2v) is 3.37. The largest absolute Gasteiger partial charge is 0.494 e. The summed E-state index contributed by atoms with van der Waals surface area (Å²) in [5.41, 5.74) is 6.70. The maximum atomic E-state index is 5.38. The van der Waals surface area contributed by atoms with Crippen molar-refractivity contribution in [1.82, 2.24) is 5.32 Å². The van der Waals surface area contributed by atoms with Crippen LogP contribution in [0.15, 0.2) is 24.3 Å². The van der Waals surface area contributed by atoms with Gasteiger partial charge in [-0.2, -0.15) is 0 Å². The van der Waals surface area contributed by atoms with Gasteiger partial charge in [0.05, 0.1) is 6.61 Å². The maximum Gasteiger partial charge on any atom is 0.119 e. The molecule has 0 amide bonds. The van der Waals surface area contributed by atoms with E-state index >= 15 is 0 Å². The van der Waals surface area contributed by atoms with Gasteiger partial charge in [-0.3, -0.25) is 0 Å². The van der Waals surface area contributed by atoms with Gasteiger partial charge in [-0.05, 0) is 37.6 Å². The molecule has 0 bridgehead atoms. The van der Waals surface area contributed by atoms with Gasteiger partial charge in [-0.15, -0.1) is 0 Å². The molecule has 0 spiro atoms. The Balaban J connectivity index is 2.29. The number of hydrogen-bond acceptors (Lipinski definition) is 3. The molecule has 1 aromatic rings.